The number of benzene rings is 1. The van der Waals surface area contributed by atoms with Crippen LogP contribution >= 0.6 is 11.6 Å². The van der Waals surface area contributed by atoms with Crippen molar-refractivity contribution in [2.75, 3.05) is 0 Å². The van der Waals surface area contributed by atoms with Crippen LogP contribution in [0.1, 0.15) is 23.0 Å². The molecular formula is C13H12ClFN2. The molecular weight excluding hydrogens is 239 g/mol. The van der Waals surface area contributed by atoms with E-state index < -0.39 is 11.9 Å². The maximum Gasteiger partial charge on any atom is 0.129 e. The zero-order chi connectivity index (χ0) is 12.4. The second kappa shape index (κ2) is 4.82. The maximum absolute atomic E-state index is 13.7. The van der Waals surface area contributed by atoms with Crippen LogP contribution in [0.25, 0.3) is 0 Å². The van der Waals surface area contributed by atoms with E-state index in [9.17, 15) is 4.39 Å². The molecule has 2 rings (SSSR count). The lowest BCUT2D eigenvalue weighted by molar-refractivity contribution is 0.597. The molecule has 88 valence electrons. The molecule has 1 heterocycles. The third kappa shape index (κ3) is 2.62. The van der Waals surface area contributed by atoms with Crippen LogP contribution in [0.15, 0.2) is 36.4 Å². The lowest BCUT2D eigenvalue weighted by Crippen LogP contribution is -2.15. The molecule has 2 nitrogen and oxygen atoms in total. The summed E-state index contributed by atoms with van der Waals surface area (Å²) in [4.78, 5) is 4.29. The number of halogens is 2. The van der Waals surface area contributed by atoms with Gasteiger partial charge in [0.05, 0.1) is 11.7 Å². The SMILES string of the molecule is Cc1cccc(C(N)c2ccc(Cl)cc2F)n1. The molecule has 0 amide bonds. The Morgan fingerprint density at radius 2 is 2.06 bits per heavy atom. The molecule has 0 saturated heterocycles. The minimum absolute atomic E-state index is 0.357. The standard InChI is InChI=1S/C13H12ClFN2/c1-8-3-2-4-12(17-8)13(16)10-6-5-9(14)7-11(10)15/h2-7,13H,16H2,1H3. The van der Waals surface area contributed by atoms with Gasteiger partial charge >= 0.3 is 0 Å². The highest BCUT2D eigenvalue weighted by atomic mass is 35.5. The summed E-state index contributed by atoms with van der Waals surface area (Å²) in [5, 5.41) is 0.357. The Balaban J connectivity index is 2.40. The molecule has 17 heavy (non-hydrogen) atoms. The van der Waals surface area contributed by atoms with Crippen molar-refractivity contribution in [3.63, 3.8) is 0 Å². The molecule has 0 fully saturated rings. The summed E-state index contributed by atoms with van der Waals surface area (Å²) in [7, 11) is 0. The van der Waals surface area contributed by atoms with E-state index in [4.69, 9.17) is 17.3 Å². The summed E-state index contributed by atoms with van der Waals surface area (Å²) in [5.41, 5.74) is 7.88. The average Bonchev–Trinajstić information content (AvgIpc) is 2.28. The van der Waals surface area contributed by atoms with Gasteiger partial charge in [-0.25, -0.2) is 4.39 Å². The van der Waals surface area contributed by atoms with E-state index in [0.717, 1.165) is 5.69 Å². The van der Waals surface area contributed by atoms with Crippen LogP contribution < -0.4 is 5.73 Å². The van der Waals surface area contributed by atoms with E-state index >= 15 is 0 Å². The van der Waals surface area contributed by atoms with Crippen molar-refractivity contribution in [1.29, 1.82) is 0 Å². The molecule has 4 heteroatoms. The minimum atomic E-state index is -0.577. The van der Waals surface area contributed by atoms with Crippen molar-refractivity contribution < 1.29 is 4.39 Å². The van der Waals surface area contributed by atoms with Gasteiger partial charge in [-0.15, -0.1) is 0 Å². The van der Waals surface area contributed by atoms with Crippen molar-refractivity contribution in [3.05, 3.63) is 64.2 Å². The number of rotatable bonds is 2. The molecule has 0 bridgehead atoms. The van der Waals surface area contributed by atoms with Crippen molar-refractivity contribution in [2.24, 2.45) is 5.73 Å². The van der Waals surface area contributed by atoms with Crippen LogP contribution in [0, 0.1) is 12.7 Å². The van der Waals surface area contributed by atoms with Crippen LogP contribution in [0.3, 0.4) is 0 Å². The van der Waals surface area contributed by atoms with Gasteiger partial charge in [0.25, 0.3) is 0 Å². The van der Waals surface area contributed by atoms with Gasteiger partial charge in [-0.2, -0.15) is 0 Å². The highest BCUT2D eigenvalue weighted by Crippen LogP contribution is 2.23. The van der Waals surface area contributed by atoms with E-state index in [1.165, 1.54) is 6.07 Å². The van der Waals surface area contributed by atoms with Crippen LogP contribution in [-0.2, 0) is 0 Å². The lowest BCUT2D eigenvalue weighted by atomic mass is 10.0. The van der Waals surface area contributed by atoms with Gasteiger partial charge in [0, 0.05) is 16.3 Å². The molecule has 0 aliphatic heterocycles. The van der Waals surface area contributed by atoms with Crippen molar-refractivity contribution in [2.45, 2.75) is 13.0 Å². The number of aryl methyl sites for hydroxylation is 1. The summed E-state index contributed by atoms with van der Waals surface area (Å²) in [6, 6.07) is 9.40. The van der Waals surface area contributed by atoms with Crippen LogP contribution in [-0.4, -0.2) is 4.98 Å². The van der Waals surface area contributed by atoms with Crippen LogP contribution in [0.2, 0.25) is 5.02 Å². The topological polar surface area (TPSA) is 38.9 Å². The smallest absolute Gasteiger partial charge is 0.129 e. The lowest BCUT2D eigenvalue weighted by Gasteiger charge is -2.13. The molecule has 0 radical (unpaired) electrons. The largest absolute Gasteiger partial charge is 0.319 e. The van der Waals surface area contributed by atoms with Gasteiger partial charge in [0.1, 0.15) is 5.82 Å². The Morgan fingerprint density at radius 1 is 1.29 bits per heavy atom. The molecule has 1 unspecified atom stereocenters. The fraction of sp³-hybridized carbons (Fsp3) is 0.154. The highest BCUT2D eigenvalue weighted by molar-refractivity contribution is 6.30. The van der Waals surface area contributed by atoms with Gasteiger partial charge in [0.2, 0.25) is 0 Å². The maximum atomic E-state index is 13.7. The average molecular weight is 251 g/mol. The number of aromatic nitrogens is 1. The van der Waals surface area contributed by atoms with E-state index in [-0.39, 0.29) is 0 Å². The van der Waals surface area contributed by atoms with E-state index in [2.05, 4.69) is 4.98 Å². The van der Waals surface area contributed by atoms with Gasteiger partial charge in [-0.05, 0) is 31.2 Å². The Morgan fingerprint density at radius 3 is 2.71 bits per heavy atom. The molecule has 1 aromatic heterocycles. The van der Waals surface area contributed by atoms with Crippen molar-refractivity contribution >= 4 is 11.6 Å². The van der Waals surface area contributed by atoms with E-state index in [1.54, 1.807) is 18.2 Å². The molecule has 2 N–H and O–H groups in total. The first-order chi connectivity index (χ1) is 8.08. The second-order valence-electron chi connectivity index (χ2n) is 3.85. The van der Waals surface area contributed by atoms with Crippen LogP contribution in [0.4, 0.5) is 4.39 Å². The van der Waals surface area contributed by atoms with Crippen molar-refractivity contribution in [3.8, 4) is 0 Å². The Hall–Kier alpha value is -1.45. The molecule has 0 saturated carbocycles. The van der Waals surface area contributed by atoms with Gasteiger partial charge in [0.15, 0.2) is 0 Å². The van der Waals surface area contributed by atoms with Gasteiger partial charge in [-0.1, -0.05) is 23.7 Å². The number of pyridine rings is 1. The van der Waals surface area contributed by atoms with Gasteiger partial charge < -0.3 is 5.73 Å². The first-order valence-corrected chi connectivity index (χ1v) is 5.60. The predicted octanol–water partition coefficient (Wildman–Crippen LogP) is 3.23. The zero-order valence-corrected chi connectivity index (χ0v) is 10.1. The number of hydrogen-bond acceptors (Lipinski definition) is 2. The third-order valence-electron chi connectivity index (χ3n) is 2.53. The van der Waals surface area contributed by atoms with Crippen LogP contribution in [0.5, 0.6) is 0 Å². The third-order valence-corrected chi connectivity index (χ3v) is 2.76. The summed E-state index contributed by atoms with van der Waals surface area (Å²) >= 11 is 5.70. The normalized spacial score (nSPS) is 12.5. The summed E-state index contributed by atoms with van der Waals surface area (Å²) in [6.07, 6.45) is 0. The molecule has 0 aliphatic rings. The number of hydrogen-bond donors (Lipinski definition) is 1. The van der Waals surface area contributed by atoms with E-state index in [1.807, 2.05) is 19.1 Å². The number of nitrogens with two attached hydrogens (primary N) is 1. The quantitative estimate of drug-likeness (QED) is 0.889. The minimum Gasteiger partial charge on any atom is -0.319 e. The Bertz CT molecular complexity index is 543. The molecule has 1 aromatic carbocycles. The molecule has 0 aliphatic carbocycles. The van der Waals surface area contributed by atoms with Crippen molar-refractivity contribution in [1.82, 2.24) is 4.98 Å². The monoisotopic (exact) mass is 250 g/mol. The van der Waals surface area contributed by atoms with E-state index in [0.29, 0.717) is 16.3 Å². The fourth-order valence-corrected chi connectivity index (χ4v) is 1.81. The summed E-state index contributed by atoms with van der Waals surface area (Å²) in [6.45, 7) is 1.87. The predicted molar refractivity (Wildman–Crippen MR) is 66.4 cm³/mol. The zero-order valence-electron chi connectivity index (χ0n) is 9.32. The summed E-state index contributed by atoms with van der Waals surface area (Å²) < 4.78 is 13.7. The molecule has 0 spiro atoms. The summed E-state index contributed by atoms with van der Waals surface area (Å²) in [5.74, 6) is -0.409. The van der Waals surface area contributed by atoms with Gasteiger partial charge in [-0.3, -0.25) is 4.98 Å². The Labute approximate surface area is 104 Å². The second-order valence-corrected chi connectivity index (χ2v) is 4.28. The molecule has 1 atom stereocenters. The highest BCUT2D eigenvalue weighted by Gasteiger charge is 2.14. The fourth-order valence-electron chi connectivity index (χ4n) is 1.65. The molecule has 2 aromatic rings. The first-order valence-electron chi connectivity index (χ1n) is 5.22. The first kappa shape index (κ1) is 12.0. The number of nitrogens with zero attached hydrogens (tertiary/aromatic N) is 1. The Kier molecular flexibility index (Phi) is 3.41.